The van der Waals surface area contributed by atoms with Crippen LogP contribution in [-0.2, 0) is 32.7 Å². The minimum atomic E-state index is 0. The Labute approximate surface area is 94.3 Å². The van der Waals surface area contributed by atoms with E-state index in [0.717, 1.165) is 0 Å². The Hall–Kier alpha value is 0.324. The van der Waals surface area contributed by atoms with E-state index >= 15 is 0 Å². The minimum absolute atomic E-state index is 0. The second-order valence-electron chi connectivity index (χ2n) is 2.96. The van der Waals surface area contributed by atoms with Crippen LogP contribution in [0.3, 0.4) is 0 Å². The normalized spacial score (nSPS) is 9.45. The maximum absolute atomic E-state index is 3.18. The SMILES string of the molecule is Cc1[c-]cc(C(C)C)cc1.[Y]. The van der Waals surface area contributed by atoms with Crippen LogP contribution in [0.1, 0.15) is 30.9 Å². The molecule has 0 saturated heterocycles. The Kier molecular flexibility index (Phi) is 5.20. The van der Waals surface area contributed by atoms with E-state index in [2.05, 4.69) is 45.0 Å². The van der Waals surface area contributed by atoms with Gasteiger partial charge in [-0.05, 0) is 0 Å². The molecule has 0 aliphatic heterocycles. The van der Waals surface area contributed by atoms with Gasteiger partial charge in [-0.3, -0.25) is 0 Å². The smallest absolute Gasteiger partial charge is 0 e. The molecule has 0 saturated carbocycles. The van der Waals surface area contributed by atoms with Crippen molar-refractivity contribution < 1.29 is 32.7 Å². The molecule has 1 aromatic rings. The molecule has 0 aromatic heterocycles. The van der Waals surface area contributed by atoms with Crippen molar-refractivity contribution in [2.75, 3.05) is 0 Å². The van der Waals surface area contributed by atoms with E-state index in [1.165, 1.54) is 11.1 Å². The first-order valence-electron chi connectivity index (χ1n) is 3.68. The maximum Gasteiger partial charge on any atom is 0 e. The summed E-state index contributed by atoms with van der Waals surface area (Å²) >= 11 is 0. The molecule has 0 aliphatic rings. The molecular weight excluding hydrogens is 209 g/mol. The van der Waals surface area contributed by atoms with Crippen LogP contribution >= 0.6 is 0 Å². The van der Waals surface area contributed by atoms with Gasteiger partial charge in [-0.25, -0.2) is 0 Å². The van der Waals surface area contributed by atoms with Gasteiger partial charge in [-0.1, -0.05) is 26.7 Å². The average molecular weight is 222 g/mol. The van der Waals surface area contributed by atoms with Crippen LogP contribution < -0.4 is 0 Å². The molecule has 0 fully saturated rings. The topological polar surface area (TPSA) is 0 Å². The first kappa shape index (κ1) is 11.3. The summed E-state index contributed by atoms with van der Waals surface area (Å²) in [6.07, 6.45) is 0. The zero-order chi connectivity index (χ0) is 7.56. The molecule has 0 N–H and O–H groups in total. The number of hydrogen-bond acceptors (Lipinski definition) is 0. The van der Waals surface area contributed by atoms with Gasteiger partial charge in [0.1, 0.15) is 0 Å². The van der Waals surface area contributed by atoms with E-state index in [-0.39, 0.29) is 32.7 Å². The quantitative estimate of drug-likeness (QED) is 0.641. The summed E-state index contributed by atoms with van der Waals surface area (Å²) in [5.41, 5.74) is 2.58. The van der Waals surface area contributed by atoms with E-state index in [1.807, 2.05) is 0 Å². The van der Waals surface area contributed by atoms with Crippen molar-refractivity contribution in [3.63, 3.8) is 0 Å². The molecule has 0 unspecified atom stereocenters. The molecule has 0 nitrogen and oxygen atoms in total. The molecule has 11 heavy (non-hydrogen) atoms. The summed E-state index contributed by atoms with van der Waals surface area (Å²) in [4.78, 5) is 0. The molecule has 0 amide bonds. The van der Waals surface area contributed by atoms with Gasteiger partial charge in [0.25, 0.3) is 0 Å². The van der Waals surface area contributed by atoms with Gasteiger partial charge in [0.15, 0.2) is 0 Å². The Balaban J connectivity index is 0.000001000. The van der Waals surface area contributed by atoms with Gasteiger partial charge in [0.05, 0.1) is 0 Å². The van der Waals surface area contributed by atoms with Crippen molar-refractivity contribution in [1.82, 2.24) is 0 Å². The third kappa shape index (κ3) is 3.49. The van der Waals surface area contributed by atoms with Crippen molar-refractivity contribution >= 4 is 0 Å². The van der Waals surface area contributed by atoms with Crippen LogP contribution in [0.15, 0.2) is 18.2 Å². The van der Waals surface area contributed by atoms with Crippen molar-refractivity contribution in [2.45, 2.75) is 26.7 Å². The van der Waals surface area contributed by atoms with Gasteiger partial charge in [-0.2, -0.15) is 35.4 Å². The molecule has 0 aliphatic carbocycles. The monoisotopic (exact) mass is 222 g/mol. The Morgan fingerprint density at radius 1 is 1.27 bits per heavy atom. The summed E-state index contributed by atoms with van der Waals surface area (Å²) in [5.74, 6) is 0.622. The standard InChI is InChI=1S/C10H13.Y/c1-8(2)10-6-4-9(3)5-7-10;/h4,6-8H,1-3H3;/q-1;. The molecule has 0 heterocycles. The van der Waals surface area contributed by atoms with E-state index in [1.54, 1.807) is 0 Å². The molecule has 1 heteroatoms. The largest absolute Gasteiger partial charge is 0.180 e. The Morgan fingerprint density at radius 3 is 2.27 bits per heavy atom. The zero-order valence-electron chi connectivity index (χ0n) is 7.39. The predicted octanol–water partition coefficient (Wildman–Crippen LogP) is 2.92. The van der Waals surface area contributed by atoms with Gasteiger partial charge in [-0.15, -0.1) is 0 Å². The minimum Gasteiger partial charge on any atom is -0.180 e. The fourth-order valence-electron chi connectivity index (χ4n) is 0.874. The number of benzene rings is 1. The van der Waals surface area contributed by atoms with Crippen LogP contribution in [0.2, 0.25) is 0 Å². The first-order valence-corrected chi connectivity index (χ1v) is 3.68. The first-order chi connectivity index (χ1) is 4.70. The van der Waals surface area contributed by atoms with Crippen molar-refractivity contribution in [1.29, 1.82) is 0 Å². The maximum atomic E-state index is 3.18. The Morgan fingerprint density at radius 2 is 1.91 bits per heavy atom. The van der Waals surface area contributed by atoms with Crippen LogP contribution in [0.4, 0.5) is 0 Å². The van der Waals surface area contributed by atoms with Crippen molar-refractivity contribution in [2.24, 2.45) is 0 Å². The van der Waals surface area contributed by atoms with Crippen LogP contribution in [0, 0.1) is 13.0 Å². The number of rotatable bonds is 1. The molecule has 1 rings (SSSR count). The fourth-order valence-corrected chi connectivity index (χ4v) is 0.874. The molecule has 0 bridgehead atoms. The number of aryl methyl sites for hydroxylation is 1. The summed E-state index contributed by atoms with van der Waals surface area (Å²) in [5, 5.41) is 0. The molecule has 1 radical (unpaired) electrons. The molecule has 57 valence electrons. The summed E-state index contributed by atoms with van der Waals surface area (Å²) in [6.45, 7) is 6.45. The Bertz CT molecular complexity index is 199. The molecule has 1 aromatic carbocycles. The van der Waals surface area contributed by atoms with Crippen molar-refractivity contribution in [3.8, 4) is 0 Å². The summed E-state index contributed by atoms with van der Waals surface area (Å²) in [7, 11) is 0. The zero-order valence-corrected chi connectivity index (χ0v) is 10.2. The predicted molar refractivity (Wildman–Crippen MR) is 44.1 cm³/mol. The van der Waals surface area contributed by atoms with E-state index in [4.69, 9.17) is 0 Å². The van der Waals surface area contributed by atoms with E-state index < -0.39 is 0 Å². The van der Waals surface area contributed by atoms with E-state index in [9.17, 15) is 0 Å². The molecule has 0 atom stereocenters. The third-order valence-electron chi connectivity index (χ3n) is 1.66. The third-order valence-corrected chi connectivity index (χ3v) is 1.66. The van der Waals surface area contributed by atoms with Gasteiger partial charge in [0.2, 0.25) is 0 Å². The summed E-state index contributed by atoms with van der Waals surface area (Å²) < 4.78 is 0. The van der Waals surface area contributed by atoms with Gasteiger partial charge in [0, 0.05) is 32.7 Å². The second kappa shape index (κ2) is 5.06. The molecule has 0 spiro atoms. The van der Waals surface area contributed by atoms with Gasteiger partial charge < -0.3 is 0 Å². The second-order valence-corrected chi connectivity index (χ2v) is 2.96. The van der Waals surface area contributed by atoms with Crippen LogP contribution in [0.5, 0.6) is 0 Å². The van der Waals surface area contributed by atoms with E-state index in [0.29, 0.717) is 5.92 Å². The average Bonchev–Trinajstić information content (AvgIpc) is 1.88. The molecular formula is C10H13Y-. The van der Waals surface area contributed by atoms with Crippen LogP contribution in [-0.4, -0.2) is 0 Å². The summed E-state index contributed by atoms with van der Waals surface area (Å²) in [6, 6.07) is 9.52. The number of hydrogen-bond donors (Lipinski definition) is 0. The van der Waals surface area contributed by atoms with Crippen molar-refractivity contribution in [3.05, 3.63) is 35.4 Å². The fraction of sp³-hybridized carbons (Fsp3) is 0.400. The van der Waals surface area contributed by atoms with Gasteiger partial charge >= 0.3 is 0 Å². The van der Waals surface area contributed by atoms with Crippen LogP contribution in [0.25, 0.3) is 0 Å².